The highest BCUT2D eigenvalue weighted by atomic mass is 16.5. The van der Waals surface area contributed by atoms with Gasteiger partial charge in [0.05, 0.1) is 0 Å². The number of likely N-dealkylation sites (tertiary alicyclic amines) is 2. The van der Waals surface area contributed by atoms with Gasteiger partial charge in [-0.05, 0) is 75.9 Å². The molecule has 4 heteroatoms. The minimum absolute atomic E-state index is 0.309. The summed E-state index contributed by atoms with van der Waals surface area (Å²) in [6.07, 6.45) is 5.84. The van der Waals surface area contributed by atoms with Gasteiger partial charge in [-0.1, -0.05) is 36.4 Å². The fourth-order valence-corrected chi connectivity index (χ4v) is 4.79. The van der Waals surface area contributed by atoms with Gasteiger partial charge in [-0.15, -0.1) is 0 Å². The van der Waals surface area contributed by atoms with Crippen LogP contribution in [0, 0.1) is 13.8 Å². The van der Waals surface area contributed by atoms with E-state index in [0.29, 0.717) is 12.2 Å². The fourth-order valence-electron chi connectivity index (χ4n) is 4.79. The largest absolute Gasteiger partial charge is 0.490 e. The highest BCUT2D eigenvalue weighted by Gasteiger charge is 2.22. The Morgan fingerprint density at radius 3 is 1.45 bits per heavy atom. The van der Waals surface area contributed by atoms with E-state index < -0.39 is 0 Å². The van der Waals surface area contributed by atoms with Crippen LogP contribution in [0.5, 0.6) is 11.5 Å². The van der Waals surface area contributed by atoms with Crippen LogP contribution in [0.4, 0.5) is 0 Å². The van der Waals surface area contributed by atoms with E-state index in [1.165, 1.54) is 22.3 Å². The molecule has 0 aliphatic carbocycles. The number of nitrogens with zero attached hydrogens (tertiary/aromatic N) is 2. The molecule has 0 saturated carbocycles. The average molecular weight is 423 g/mol. The molecular formula is C27H38N2O2. The van der Waals surface area contributed by atoms with Crippen molar-refractivity contribution in [3.63, 3.8) is 0 Å². The van der Waals surface area contributed by atoms with E-state index in [2.05, 4.69) is 74.1 Å². The number of ether oxygens (including phenoxy) is 2. The third kappa shape index (κ3) is 5.61. The lowest BCUT2D eigenvalue weighted by atomic mass is 9.98. The molecule has 0 spiro atoms. The molecule has 2 aromatic rings. The van der Waals surface area contributed by atoms with E-state index in [1.807, 2.05) is 0 Å². The van der Waals surface area contributed by atoms with Crippen molar-refractivity contribution in [2.24, 2.45) is 0 Å². The van der Waals surface area contributed by atoms with Crippen molar-refractivity contribution in [3.8, 4) is 11.5 Å². The van der Waals surface area contributed by atoms with E-state index in [9.17, 15) is 0 Å². The van der Waals surface area contributed by atoms with Gasteiger partial charge >= 0.3 is 0 Å². The van der Waals surface area contributed by atoms with Gasteiger partial charge in [0, 0.05) is 32.6 Å². The van der Waals surface area contributed by atoms with Crippen molar-refractivity contribution in [2.45, 2.75) is 58.2 Å². The molecule has 2 aliphatic rings. The maximum atomic E-state index is 6.60. The molecule has 0 unspecified atom stereocenters. The minimum Gasteiger partial charge on any atom is -0.490 e. The molecule has 31 heavy (non-hydrogen) atoms. The Kier molecular flexibility index (Phi) is 7.19. The van der Waals surface area contributed by atoms with E-state index in [4.69, 9.17) is 9.47 Å². The Balaban J connectivity index is 1.54. The molecule has 2 aromatic carbocycles. The SMILES string of the molecule is Cc1cccc(Cc2cccc(C)c2OC2CCN(C)CC2)c1OC1CCN(C)CC1. The molecule has 2 heterocycles. The van der Waals surface area contributed by atoms with Gasteiger partial charge in [0.1, 0.15) is 23.7 Å². The summed E-state index contributed by atoms with van der Waals surface area (Å²) in [4.78, 5) is 4.77. The third-order valence-electron chi connectivity index (χ3n) is 6.87. The van der Waals surface area contributed by atoms with Crippen LogP contribution < -0.4 is 9.47 Å². The monoisotopic (exact) mass is 422 g/mol. The van der Waals surface area contributed by atoms with E-state index in [-0.39, 0.29) is 0 Å². The smallest absolute Gasteiger partial charge is 0.126 e. The summed E-state index contributed by atoms with van der Waals surface area (Å²) in [6, 6.07) is 13.1. The molecule has 4 rings (SSSR count). The minimum atomic E-state index is 0.309. The van der Waals surface area contributed by atoms with E-state index in [1.54, 1.807) is 0 Å². The third-order valence-corrected chi connectivity index (χ3v) is 6.87. The first-order chi connectivity index (χ1) is 15.0. The topological polar surface area (TPSA) is 24.9 Å². The summed E-state index contributed by atoms with van der Waals surface area (Å²) in [5.41, 5.74) is 4.97. The Labute approximate surface area is 188 Å². The summed E-state index contributed by atoms with van der Waals surface area (Å²) in [5.74, 6) is 2.15. The highest BCUT2D eigenvalue weighted by Crippen LogP contribution is 2.33. The summed E-state index contributed by atoms with van der Waals surface area (Å²) >= 11 is 0. The molecule has 0 atom stereocenters. The molecule has 2 saturated heterocycles. The number of hydrogen-bond donors (Lipinski definition) is 0. The highest BCUT2D eigenvalue weighted by molar-refractivity contribution is 5.48. The van der Waals surface area contributed by atoms with Gasteiger partial charge in [-0.2, -0.15) is 0 Å². The lowest BCUT2D eigenvalue weighted by molar-refractivity contribution is 0.111. The molecule has 0 radical (unpaired) electrons. The van der Waals surface area contributed by atoms with Crippen molar-refractivity contribution < 1.29 is 9.47 Å². The number of benzene rings is 2. The molecular weight excluding hydrogens is 384 g/mol. The summed E-state index contributed by atoms with van der Waals surface area (Å²) in [6.45, 7) is 8.77. The predicted octanol–water partition coefficient (Wildman–Crippen LogP) is 4.84. The fraction of sp³-hybridized carbons (Fsp3) is 0.556. The normalized spacial score (nSPS) is 19.5. The van der Waals surface area contributed by atoms with Crippen LogP contribution in [0.15, 0.2) is 36.4 Å². The Morgan fingerprint density at radius 2 is 1.06 bits per heavy atom. The van der Waals surface area contributed by atoms with Crippen LogP contribution in [0.25, 0.3) is 0 Å². The Bertz CT molecular complexity index is 794. The van der Waals surface area contributed by atoms with E-state index in [0.717, 1.165) is 69.8 Å². The molecule has 0 amide bonds. The summed E-state index contributed by atoms with van der Waals surface area (Å²) in [7, 11) is 4.39. The molecule has 2 aliphatic heterocycles. The zero-order chi connectivity index (χ0) is 21.8. The van der Waals surface area contributed by atoms with Crippen molar-refractivity contribution in [2.75, 3.05) is 40.3 Å². The van der Waals surface area contributed by atoms with Gasteiger partial charge in [-0.3, -0.25) is 0 Å². The quantitative estimate of drug-likeness (QED) is 0.665. The van der Waals surface area contributed by atoms with Crippen molar-refractivity contribution in [3.05, 3.63) is 58.7 Å². The maximum absolute atomic E-state index is 6.60. The summed E-state index contributed by atoms with van der Waals surface area (Å²) in [5, 5.41) is 0. The number of aryl methyl sites for hydroxylation is 2. The van der Waals surface area contributed by atoms with Crippen molar-refractivity contribution >= 4 is 0 Å². The van der Waals surface area contributed by atoms with Crippen LogP contribution in [0.3, 0.4) is 0 Å². The van der Waals surface area contributed by atoms with Crippen molar-refractivity contribution in [1.29, 1.82) is 0 Å². The van der Waals surface area contributed by atoms with Gasteiger partial charge in [0.2, 0.25) is 0 Å². The average Bonchev–Trinajstić information content (AvgIpc) is 2.76. The number of piperidine rings is 2. The van der Waals surface area contributed by atoms with Gasteiger partial charge < -0.3 is 19.3 Å². The maximum Gasteiger partial charge on any atom is 0.126 e. The number of hydrogen-bond acceptors (Lipinski definition) is 4. The molecule has 168 valence electrons. The summed E-state index contributed by atoms with van der Waals surface area (Å²) < 4.78 is 13.2. The molecule has 0 N–H and O–H groups in total. The van der Waals surface area contributed by atoms with E-state index >= 15 is 0 Å². The van der Waals surface area contributed by atoms with Crippen molar-refractivity contribution in [1.82, 2.24) is 9.80 Å². The number of para-hydroxylation sites is 2. The standard InChI is InChI=1S/C27H38N2O2/c1-20-7-5-9-22(26(20)30-24-11-15-28(3)16-12-24)19-23-10-6-8-21(2)27(23)31-25-13-17-29(4)18-14-25/h5-10,24-25H,11-19H2,1-4H3. The predicted molar refractivity (Wildman–Crippen MR) is 127 cm³/mol. The van der Waals surface area contributed by atoms with Gasteiger partial charge in [0.25, 0.3) is 0 Å². The van der Waals surface area contributed by atoms with Crippen LogP contribution in [-0.4, -0.2) is 62.3 Å². The Hall–Kier alpha value is -2.04. The molecule has 2 fully saturated rings. The van der Waals surface area contributed by atoms with Gasteiger partial charge in [0.15, 0.2) is 0 Å². The first-order valence-corrected chi connectivity index (χ1v) is 11.9. The lowest BCUT2D eigenvalue weighted by Gasteiger charge is -2.31. The molecule has 4 nitrogen and oxygen atoms in total. The second-order valence-electron chi connectivity index (χ2n) is 9.54. The number of rotatable bonds is 6. The first-order valence-electron chi connectivity index (χ1n) is 11.9. The van der Waals surface area contributed by atoms with Crippen LogP contribution in [-0.2, 0) is 6.42 Å². The second-order valence-corrected chi connectivity index (χ2v) is 9.54. The first kappa shape index (κ1) is 22.2. The molecule has 0 bridgehead atoms. The zero-order valence-corrected chi connectivity index (χ0v) is 19.7. The lowest BCUT2D eigenvalue weighted by Crippen LogP contribution is -2.36. The second kappa shape index (κ2) is 10.1. The van der Waals surface area contributed by atoms with Gasteiger partial charge in [-0.25, -0.2) is 0 Å². The molecule has 0 aromatic heterocycles. The van der Waals surface area contributed by atoms with Crippen LogP contribution in [0.1, 0.15) is 47.9 Å². The zero-order valence-electron chi connectivity index (χ0n) is 19.7. The van der Waals surface area contributed by atoms with Crippen LogP contribution in [0.2, 0.25) is 0 Å². The Morgan fingerprint density at radius 1 is 0.677 bits per heavy atom. The van der Waals surface area contributed by atoms with Crippen LogP contribution >= 0.6 is 0 Å².